The number of amides is 4. The highest BCUT2D eigenvalue weighted by molar-refractivity contribution is 5.80. The van der Waals surface area contributed by atoms with Gasteiger partial charge in [0, 0.05) is 19.6 Å². The maximum atomic E-state index is 11.7. The van der Waals surface area contributed by atoms with Gasteiger partial charge in [0.2, 0.25) is 0 Å². The lowest BCUT2D eigenvalue weighted by molar-refractivity contribution is -0.137. The third-order valence-electron chi connectivity index (χ3n) is 1.90. The summed E-state index contributed by atoms with van der Waals surface area (Å²) in [4.78, 5) is 33.9. The van der Waals surface area contributed by atoms with Gasteiger partial charge in [0.1, 0.15) is 6.54 Å². The number of nitrogens with two attached hydrogens (primary N) is 1. The lowest BCUT2D eigenvalue weighted by Gasteiger charge is -2.23. The van der Waals surface area contributed by atoms with E-state index in [1.807, 2.05) is 13.8 Å². The van der Waals surface area contributed by atoms with Gasteiger partial charge in [0.05, 0.1) is 0 Å². The fourth-order valence-electron chi connectivity index (χ4n) is 1.29. The Balaban J connectivity index is 4.12. The molecule has 0 atom stereocenters. The molecule has 0 unspecified atom stereocenters. The first kappa shape index (κ1) is 16.0. The molecule has 104 valence electrons. The van der Waals surface area contributed by atoms with E-state index in [0.717, 1.165) is 0 Å². The molecular formula is C10H20N4O4. The van der Waals surface area contributed by atoms with E-state index in [1.165, 1.54) is 4.90 Å². The van der Waals surface area contributed by atoms with Gasteiger partial charge in [-0.2, -0.15) is 0 Å². The average Bonchev–Trinajstić information content (AvgIpc) is 2.21. The van der Waals surface area contributed by atoms with Gasteiger partial charge in [-0.15, -0.1) is 0 Å². The molecule has 0 fully saturated rings. The van der Waals surface area contributed by atoms with Gasteiger partial charge in [0.25, 0.3) is 0 Å². The summed E-state index contributed by atoms with van der Waals surface area (Å²) in [5.74, 6) is -0.903. The summed E-state index contributed by atoms with van der Waals surface area (Å²) in [7, 11) is 0. The molecule has 5 N–H and O–H groups in total. The summed E-state index contributed by atoms with van der Waals surface area (Å²) >= 11 is 0. The number of carbonyl (C=O) groups excluding carboxylic acids is 2. The van der Waals surface area contributed by atoms with Crippen LogP contribution in [0.15, 0.2) is 0 Å². The molecule has 0 aliphatic heterocycles. The van der Waals surface area contributed by atoms with E-state index in [9.17, 15) is 14.4 Å². The van der Waals surface area contributed by atoms with Crippen LogP contribution in [0, 0.1) is 5.92 Å². The van der Waals surface area contributed by atoms with Gasteiger partial charge in [-0.1, -0.05) is 13.8 Å². The Morgan fingerprint density at radius 1 is 1.22 bits per heavy atom. The van der Waals surface area contributed by atoms with Gasteiger partial charge < -0.3 is 26.4 Å². The van der Waals surface area contributed by atoms with Crippen LogP contribution in [0.5, 0.6) is 0 Å². The summed E-state index contributed by atoms with van der Waals surface area (Å²) in [6.45, 7) is 4.15. The second kappa shape index (κ2) is 8.15. The molecule has 0 bridgehead atoms. The molecule has 8 heteroatoms. The maximum Gasteiger partial charge on any atom is 0.323 e. The fraction of sp³-hybridized carbons (Fsp3) is 0.700. The molecule has 18 heavy (non-hydrogen) atoms. The number of rotatable bonds is 7. The van der Waals surface area contributed by atoms with Gasteiger partial charge >= 0.3 is 18.0 Å². The van der Waals surface area contributed by atoms with Crippen molar-refractivity contribution in [2.24, 2.45) is 11.7 Å². The van der Waals surface area contributed by atoms with Gasteiger partial charge in [-0.3, -0.25) is 4.79 Å². The van der Waals surface area contributed by atoms with E-state index in [4.69, 9.17) is 10.8 Å². The zero-order chi connectivity index (χ0) is 14.1. The first-order valence-electron chi connectivity index (χ1n) is 5.60. The molecule has 0 saturated heterocycles. The predicted octanol–water partition coefficient (Wildman–Crippen LogP) is -0.593. The van der Waals surface area contributed by atoms with Crippen LogP contribution >= 0.6 is 0 Å². The number of hydrogen-bond acceptors (Lipinski definition) is 3. The predicted molar refractivity (Wildman–Crippen MR) is 65.0 cm³/mol. The molecule has 0 aliphatic carbocycles. The van der Waals surface area contributed by atoms with E-state index in [2.05, 4.69) is 10.6 Å². The van der Waals surface area contributed by atoms with E-state index >= 15 is 0 Å². The minimum absolute atomic E-state index is 0.166. The van der Waals surface area contributed by atoms with Crippen molar-refractivity contribution in [2.75, 3.05) is 26.2 Å². The lowest BCUT2D eigenvalue weighted by atomic mass is 10.2. The van der Waals surface area contributed by atoms with Gasteiger partial charge in [-0.25, -0.2) is 9.59 Å². The van der Waals surface area contributed by atoms with Crippen LogP contribution < -0.4 is 16.4 Å². The Labute approximate surface area is 106 Å². The Bertz CT molecular complexity index is 306. The lowest BCUT2D eigenvalue weighted by Crippen LogP contribution is -2.46. The third kappa shape index (κ3) is 8.20. The average molecular weight is 260 g/mol. The Morgan fingerprint density at radius 3 is 2.22 bits per heavy atom. The Morgan fingerprint density at radius 2 is 1.78 bits per heavy atom. The highest BCUT2D eigenvalue weighted by atomic mass is 16.4. The quantitative estimate of drug-likeness (QED) is 0.456. The minimum atomic E-state index is -1.07. The summed E-state index contributed by atoms with van der Waals surface area (Å²) < 4.78 is 0. The number of aliphatic carboxylic acids is 1. The SMILES string of the molecule is CC(C)CN(CC(=O)O)C(=O)NCCNC(N)=O. The van der Waals surface area contributed by atoms with Crippen molar-refractivity contribution < 1.29 is 19.5 Å². The third-order valence-corrected chi connectivity index (χ3v) is 1.90. The number of carboxylic acid groups (broad SMARTS) is 1. The van der Waals surface area contributed by atoms with Crippen molar-refractivity contribution in [3.63, 3.8) is 0 Å². The van der Waals surface area contributed by atoms with E-state index in [1.54, 1.807) is 0 Å². The van der Waals surface area contributed by atoms with Gasteiger partial charge in [0.15, 0.2) is 0 Å². The highest BCUT2D eigenvalue weighted by Gasteiger charge is 2.17. The normalized spacial score (nSPS) is 9.94. The molecule has 0 rings (SSSR count). The second-order valence-electron chi connectivity index (χ2n) is 4.19. The van der Waals surface area contributed by atoms with Crippen LogP contribution in [0.25, 0.3) is 0 Å². The van der Waals surface area contributed by atoms with Crippen molar-refractivity contribution in [2.45, 2.75) is 13.8 Å². The van der Waals surface area contributed by atoms with Crippen LogP contribution in [-0.2, 0) is 4.79 Å². The molecule has 0 saturated carbocycles. The van der Waals surface area contributed by atoms with Crippen LogP contribution in [-0.4, -0.2) is 54.2 Å². The number of primary amides is 1. The smallest absolute Gasteiger partial charge is 0.323 e. The monoisotopic (exact) mass is 260 g/mol. The second-order valence-corrected chi connectivity index (χ2v) is 4.19. The Hall–Kier alpha value is -1.99. The topological polar surface area (TPSA) is 125 Å². The first-order chi connectivity index (χ1) is 8.32. The molecule has 8 nitrogen and oxygen atoms in total. The maximum absolute atomic E-state index is 11.7. The molecule has 0 aromatic heterocycles. The van der Waals surface area contributed by atoms with Crippen molar-refractivity contribution in [1.82, 2.24) is 15.5 Å². The van der Waals surface area contributed by atoms with E-state index in [-0.39, 0.29) is 25.6 Å². The van der Waals surface area contributed by atoms with E-state index in [0.29, 0.717) is 6.54 Å². The molecule has 4 amide bonds. The number of nitrogens with one attached hydrogen (secondary N) is 2. The fourth-order valence-corrected chi connectivity index (χ4v) is 1.29. The van der Waals surface area contributed by atoms with Crippen molar-refractivity contribution in [3.05, 3.63) is 0 Å². The zero-order valence-electron chi connectivity index (χ0n) is 10.6. The largest absolute Gasteiger partial charge is 0.480 e. The van der Waals surface area contributed by atoms with Crippen molar-refractivity contribution in [3.8, 4) is 0 Å². The van der Waals surface area contributed by atoms with Crippen LogP contribution in [0.3, 0.4) is 0 Å². The zero-order valence-corrected chi connectivity index (χ0v) is 10.6. The van der Waals surface area contributed by atoms with Crippen molar-refractivity contribution >= 4 is 18.0 Å². The number of nitrogens with zero attached hydrogens (tertiary/aromatic N) is 1. The molecular weight excluding hydrogens is 240 g/mol. The van der Waals surface area contributed by atoms with Crippen LogP contribution in [0.4, 0.5) is 9.59 Å². The summed E-state index contributed by atoms with van der Waals surface area (Å²) in [6.07, 6.45) is 0. The summed E-state index contributed by atoms with van der Waals surface area (Å²) in [6, 6.07) is -1.15. The number of carboxylic acids is 1. The highest BCUT2D eigenvalue weighted by Crippen LogP contribution is 1.98. The molecule has 0 aliphatic rings. The molecule has 0 spiro atoms. The minimum Gasteiger partial charge on any atom is -0.480 e. The van der Waals surface area contributed by atoms with E-state index < -0.39 is 18.0 Å². The van der Waals surface area contributed by atoms with Crippen molar-refractivity contribution in [1.29, 1.82) is 0 Å². The Kier molecular flexibility index (Phi) is 7.25. The number of hydrogen-bond donors (Lipinski definition) is 4. The summed E-state index contributed by atoms with van der Waals surface area (Å²) in [5.41, 5.74) is 4.85. The molecule has 0 aromatic rings. The molecule has 0 heterocycles. The first-order valence-corrected chi connectivity index (χ1v) is 5.60. The van der Waals surface area contributed by atoms with Crippen LogP contribution in [0.1, 0.15) is 13.8 Å². The van der Waals surface area contributed by atoms with Gasteiger partial charge in [-0.05, 0) is 5.92 Å². The van der Waals surface area contributed by atoms with Crippen LogP contribution in [0.2, 0.25) is 0 Å². The number of urea groups is 2. The molecule has 0 aromatic carbocycles. The summed E-state index contributed by atoms with van der Waals surface area (Å²) in [5, 5.41) is 13.5. The number of carbonyl (C=O) groups is 3. The molecule has 0 radical (unpaired) electrons. The standard InChI is InChI=1S/C10H20N4O4/c1-7(2)5-14(6-8(15)16)10(18)13-4-3-12-9(11)17/h7H,3-6H2,1-2H3,(H,13,18)(H,15,16)(H3,11,12,17).